The predicted octanol–water partition coefficient (Wildman–Crippen LogP) is 3.68. The Hall–Kier alpha value is -1.03. The molecule has 2 unspecified atom stereocenters. The summed E-state index contributed by atoms with van der Waals surface area (Å²) >= 11 is 3.72. The van der Waals surface area contributed by atoms with Gasteiger partial charge in [-0.1, -0.05) is 42.3 Å². The number of fused-ring (bicyclic) bond motifs is 1. The molecule has 0 spiro atoms. The van der Waals surface area contributed by atoms with Crippen molar-refractivity contribution < 1.29 is 9.53 Å². The van der Waals surface area contributed by atoms with E-state index in [0.717, 1.165) is 18.4 Å². The summed E-state index contributed by atoms with van der Waals surface area (Å²) in [6.07, 6.45) is 2.23. The number of carbonyl (C=O) groups excluding carboxylic acids is 1. The Morgan fingerprint density at radius 1 is 1.47 bits per heavy atom. The van der Waals surface area contributed by atoms with Crippen molar-refractivity contribution in [3.63, 3.8) is 0 Å². The normalized spacial score (nSPS) is 17.7. The molecule has 1 aliphatic heterocycles. The third-order valence-electron chi connectivity index (χ3n) is 3.56. The molecule has 0 bridgehead atoms. The zero-order valence-corrected chi connectivity index (χ0v) is 13.0. The van der Waals surface area contributed by atoms with Crippen LogP contribution in [0.4, 0.5) is 0 Å². The van der Waals surface area contributed by atoms with Gasteiger partial charge in [-0.05, 0) is 30.0 Å². The summed E-state index contributed by atoms with van der Waals surface area (Å²) in [6, 6.07) is 5.89. The Morgan fingerprint density at radius 2 is 2.26 bits per heavy atom. The van der Waals surface area contributed by atoms with E-state index >= 15 is 0 Å². The average Bonchev–Trinajstić information content (AvgIpc) is 2.60. The number of hydrogen-bond acceptors (Lipinski definition) is 2. The zero-order chi connectivity index (χ0) is 13.8. The maximum Gasteiger partial charge on any atom is 0.255 e. The third-order valence-corrected chi connectivity index (χ3v) is 4.46. The smallest absolute Gasteiger partial charge is 0.255 e. The van der Waals surface area contributed by atoms with Crippen LogP contribution in [0.2, 0.25) is 0 Å². The summed E-state index contributed by atoms with van der Waals surface area (Å²) in [7, 11) is 0. The molecule has 0 aromatic heterocycles. The molecule has 3 nitrogen and oxygen atoms in total. The molecular weight excluding hydrogens is 306 g/mol. The summed E-state index contributed by atoms with van der Waals surface area (Å²) in [5.41, 5.74) is 1.78. The van der Waals surface area contributed by atoms with Crippen LogP contribution in [0.15, 0.2) is 18.2 Å². The highest BCUT2D eigenvalue weighted by Crippen LogP contribution is 2.33. The van der Waals surface area contributed by atoms with Gasteiger partial charge in [0.2, 0.25) is 0 Å². The van der Waals surface area contributed by atoms with Crippen molar-refractivity contribution in [3.05, 3.63) is 29.3 Å². The quantitative estimate of drug-likeness (QED) is 0.857. The minimum absolute atomic E-state index is 0.0439. The number of carbonyl (C=O) groups is 1. The van der Waals surface area contributed by atoms with Gasteiger partial charge in [-0.25, -0.2) is 0 Å². The summed E-state index contributed by atoms with van der Waals surface area (Å²) in [5, 5.41) is 2.84. The minimum atomic E-state index is -0.0439. The Bertz CT molecular complexity index is 461. The van der Waals surface area contributed by atoms with Gasteiger partial charge >= 0.3 is 0 Å². The minimum Gasteiger partial charge on any atom is -0.491 e. The summed E-state index contributed by atoms with van der Waals surface area (Å²) in [6.45, 7) is 5.53. The van der Waals surface area contributed by atoms with E-state index in [0.29, 0.717) is 30.4 Å². The maximum atomic E-state index is 12.0. The van der Waals surface area contributed by atoms with Gasteiger partial charge in [-0.2, -0.15) is 0 Å². The van der Waals surface area contributed by atoms with Crippen LogP contribution in [0, 0.1) is 5.92 Å². The van der Waals surface area contributed by atoms with Crippen LogP contribution in [-0.4, -0.2) is 19.1 Å². The fourth-order valence-electron chi connectivity index (χ4n) is 2.12. The number of benzene rings is 1. The first-order valence-corrected chi connectivity index (χ1v) is 7.72. The lowest BCUT2D eigenvalue weighted by Crippen LogP contribution is -2.24. The Morgan fingerprint density at radius 3 is 3.00 bits per heavy atom. The van der Waals surface area contributed by atoms with Crippen LogP contribution in [-0.2, 0) is 0 Å². The molecule has 4 heteroatoms. The van der Waals surface area contributed by atoms with Crippen LogP contribution < -0.4 is 10.1 Å². The third kappa shape index (κ3) is 3.50. The van der Waals surface area contributed by atoms with Crippen molar-refractivity contribution in [2.45, 2.75) is 31.5 Å². The highest BCUT2D eigenvalue weighted by Gasteiger charge is 2.19. The number of nitrogens with one attached hydrogen (secondary N) is 1. The number of halogens is 1. The predicted molar refractivity (Wildman–Crippen MR) is 80.0 cm³/mol. The molecule has 1 heterocycles. The molecule has 0 fully saturated rings. The van der Waals surface area contributed by atoms with Crippen LogP contribution in [0.1, 0.15) is 47.4 Å². The van der Waals surface area contributed by atoms with E-state index in [-0.39, 0.29) is 10.7 Å². The summed E-state index contributed by atoms with van der Waals surface area (Å²) < 4.78 is 5.56. The second kappa shape index (κ2) is 6.42. The fourth-order valence-corrected chi connectivity index (χ4v) is 3.05. The molecular formula is C15H20BrNO2. The second-order valence-corrected chi connectivity index (χ2v) is 6.18. The van der Waals surface area contributed by atoms with Crippen molar-refractivity contribution in [3.8, 4) is 5.75 Å². The topological polar surface area (TPSA) is 38.3 Å². The van der Waals surface area contributed by atoms with Crippen molar-refractivity contribution in [1.82, 2.24) is 5.32 Å². The number of ether oxygens (including phenoxy) is 1. The van der Waals surface area contributed by atoms with E-state index in [4.69, 9.17) is 4.74 Å². The van der Waals surface area contributed by atoms with Crippen LogP contribution in [0.5, 0.6) is 5.75 Å². The lowest BCUT2D eigenvalue weighted by molar-refractivity contribution is 0.0957. The molecule has 0 radical (unpaired) electrons. The van der Waals surface area contributed by atoms with Gasteiger partial charge in [0.1, 0.15) is 12.4 Å². The average molecular weight is 326 g/mol. The van der Waals surface area contributed by atoms with Gasteiger partial charge in [0, 0.05) is 4.83 Å². The van der Waals surface area contributed by atoms with Crippen LogP contribution in [0.3, 0.4) is 0 Å². The molecule has 0 saturated carbocycles. The van der Waals surface area contributed by atoms with Gasteiger partial charge in [0.25, 0.3) is 5.91 Å². The molecule has 1 N–H and O–H groups in total. The Labute approximate surface area is 122 Å². The fraction of sp³-hybridized carbons (Fsp3) is 0.533. The van der Waals surface area contributed by atoms with Gasteiger partial charge in [-0.15, -0.1) is 0 Å². The summed E-state index contributed by atoms with van der Waals surface area (Å²) in [5.74, 6) is 1.30. The maximum absolute atomic E-state index is 12.0. The first-order chi connectivity index (χ1) is 9.11. The van der Waals surface area contributed by atoms with Crippen LogP contribution >= 0.6 is 15.9 Å². The Balaban J connectivity index is 2.22. The van der Waals surface area contributed by atoms with E-state index in [2.05, 4.69) is 35.1 Å². The van der Waals surface area contributed by atoms with Crippen molar-refractivity contribution in [1.29, 1.82) is 0 Å². The van der Waals surface area contributed by atoms with Gasteiger partial charge in [0.05, 0.1) is 12.1 Å². The molecule has 2 rings (SSSR count). The van der Waals surface area contributed by atoms with Gasteiger partial charge in [0.15, 0.2) is 0 Å². The molecule has 104 valence electrons. The van der Waals surface area contributed by atoms with E-state index in [1.165, 1.54) is 0 Å². The molecule has 19 heavy (non-hydrogen) atoms. The monoisotopic (exact) mass is 325 g/mol. The van der Waals surface area contributed by atoms with E-state index in [1.54, 1.807) is 0 Å². The van der Waals surface area contributed by atoms with Crippen molar-refractivity contribution in [2.24, 2.45) is 5.92 Å². The lowest BCUT2D eigenvalue weighted by Gasteiger charge is -2.16. The zero-order valence-electron chi connectivity index (χ0n) is 11.4. The SMILES string of the molecule is CCC(C)CC(Br)c1ccc2c(c1)C(=O)NCCO2. The highest BCUT2D eigenvalue weighted by atomic mass is 79.9. The number of hydrogen-bond donors (Lipinski definition) is 1. The van der Waals surface area contributed by atoms with E-state index in [1.807, 2.05) is 18.2 Å². The molecule has 0 aliphatic carbocycles. The number of rotatable bonds is 4. The molecule has 2 atom stereocenters. The van der Waals surface area contributed by atoms with E-state index in [9.17, 15) is 4.79 Å². The molecule has 0 saturated heterocycles. The second-order valence-electron chi connectivity index (χ2n) is 5.08. The number of amides is 1. The molecule has 1 aliphatic rings. The van der Waals surface area contributed by atoms with Crippen LogP contribution in [0.25, 0.3) is 0 Å². The first-order valence-electron chi connectivity index (χ1n) is 6.80. The standard InChI is InChI=1S/C15H20BrNO2/c1-3-10(2)8-13(16)11-4-5-14-12(9-11)15(18)17-6-7-19-14/h4-5,9-10,13H,3,6-8H2,1-2H3,(H,17,18). The summed E-state index contributed by atoms with van der Waals surface area (Å²) in [4.78, 5) is 12.2. The molecule has 1 aromatic carbocycles. The Kier molecular flexibility index (Phi) is 4.86. The molecule has 1 aromatic rings. The lowest BCUT2D eigenvalue weighted by atomic mass is 9.97. The van der Waals surface area contributed by atoms with Crippen molar-refractivity contribution in [2.75, 3.05) is 13.2 Å². The van der Waals surface area contributed by atoms with Gasteiger partial charge in [-0.3, -0.25) is 4.79 Å². The van der Waals surface area contributed by atoms with Crippen molar-refractivity contribution >= 4 is 21.8 Å². The van der Waals surface area contributed by atoms with Gasteiger partial charge < -0.3 is 10.1 Å². The first kappa shape index (κ1) is 14.4. The highest BCUT2D eigenvalue weighted by molar-refractivity contribution is 9.09. The largest absolute Gasteiger partial charge is 0.491 e. The molecule has 1 amide bonds. The van der Waals surface area contributed by atoms with E-state index < -0.39 is 0 Å². The number of alkyl halides is 1.